The van der Waals surface area contributed by atoms with Gasteiger partial charge in [0.1, 0.15) is 5.03 Å². The summed E-state index contributed by atoms with van der Waals surface area (Å²) in [5, 5.41) is 2.20. The van der Waals surface area contributed by atoms with Gasteiger partial charge in [-0.2, -0.15) is 0 Å². The number of thioether (sulfide) groups is 1. The Balaban J connectivity index is 1.40. The Labute approximate surface area is 190 Å². The minimum absolute atomic E-state index is 0.0137. The summed E-state index contributed by atoms with van der Waals surface area (Å²) in [5.41, 5.74) is 1.10. The van der Waals surface area contributed by atoms with Gasteiger partial charge in [-0.05, 0) is 43.2 Å². The Morgan fingerprint density at radius 1 is 0.933 bits per heavy atom. The predicted octanol–water partition coefficient (Wildman–Crippen LogP) is 5.02. The lowest BCUT2D eigenvalue weighted by Gasteiger charge is -2.35. The number of aromatic nitrogens is 1. The van der Waals surface area contributed by atoms with Crippen LogP contribution in [0.3, 0.4) is 0 Å². The maximum absolute atomic E-state index is 13.2. The van der Waals surface area contributed by atoms with E-state index in [1.165, 1.54) is 25.7 Å². The molecule has 1 aliphatic heterocycles. The van der Waals surface area contributed by atoms with Crippen LogP contribution >= 0.6 is 35.0 Å². The average Bonchev–Trinajstić information content (AvgIpc) is 3.26. The van der Waals surface area contributed by atoms with E-state index >= 15 is 0 Å². The molecular weight excluding hydrogens is 441 g/mol. The number of hydrogen-bond donors (Lipinski definition) is 0. The van der Waals surface area contributed by atoms with Crippen LogP contribution in [-0.2, 0) is 0 Å². The summed E-state index contributed by atoms with van der Waals surface area (Å²) in [5.74, 6) is -0.150. The Bertz CT molecular complexity index is 942. The maximum atomic E-state index is 13.2. The number of rotatable bonds is 4. The quantitative estimate of drug-likeness (QED) is 0.638. The van der Waals surface area contributed by atoms with Gasteiger partial charge in [0.05, 0.1) is 16.1 Å². The SMILES string of the molecule is O=C(c1ccc(Cl)cc1Cl)N1CCN(C(=O)c2cccnc2SC2CCCC2)CC1. The molecule has 1 aliphatic carbocycles. The van der Waals surface area contributed by atoms with Crippen LogP contribution in [0.2, 0.25) is 10.0 Å². The van der Waals surface area contributed by atoms with E-state index in [9.17, 15) is 9.59 Å². The monoisotopic (exact) mass is 463 g/mol. The van der Waals surface area contributed by atoms with Crippen molar-refractivity contribution < 1.29 is 9.59 Å². The molecule has 2 heterocycles. The van der Waals surface area contributed by atoms with Crippen LogP contribution in [0, 0.1) is 0 Å². The van der Waals surface area contributed by atoms with Crippen molar-refractivity contribution in [2.45, 2.75) is 36.0 Å². The first kappa shape index (κ1) is 21.5. The molecule has 0 radical (unpaired) electrons. The van der Waals surface area contributed by atoms with Crippen LogP contribution in [0.5, 0.6) is 0 Å². The summed E-state index contributed by atoms with van der Waals surface area (Å²) in [7, 11) is 0. The summed E-state index contributed by atoms with van der Waals surface area (Å²) in [6, 6.07) is 8.55. The zero-order valence-electron chi connectivity index (χ0n) is 16.5. The lowest BCUT2D eigenvalue weighted by Crippen LogP contribution is -2.50. The van der Waals surface area contributed by atoms with Crippen molar-refractivity contribution in [2.24, 2.45) is 0 Å². The van der Waals surface area contributed by atoms with Crippen LogP contribution in [-0.4, -0.2) is 58.0 Å². The Morgan fingerprint density at radius 3 is 2.20 bits per heavy atom. The molecular formula is C22H23Cl2N3O2S. The van der Waals surface area contributed by atoms with E-state index in [1.54, 1.807) is 41.1 Å². The molecule has 8 heteroatoms. The molecule has 0 N–H and O–H groups in total. The van der Waals surface area contributed by atoms with Gasteiger partial charge in [0, 0.05) is 42.6 Å². The third kappa shape index (κ3) is 4.76. The molecule has 0 unspecified atom stereocenters. The van der Waals surface area contributed by atoms with Crippen molar-refractivity contribution in [3.05, 3.63) is 57.7 Å². The lowest BCUT2D eigenvalue weighted by molar-refractivity contribution is 0.0533. The van der Waals surface area contributed by atoms with Gasteiger partial charge in [-0.15, -0.1) is 11.8 Å². The number of hydrogen-bond acceptors (Lipinski definition) is 4. The van der Waals surface area contributed by atoms with Crippen LogP contribution < -0.4 is 0 Å². The summed E-state index contributed by atoms with van der Waals surface area (Å²) >= 11 is 13.8. The third-order valence-corrected chi connectivity index (χ3v) is 7.50. The molecule has 1 aromatic heterocycles. The largest absolute Gasteiger partial charge is 0.335 e. The number of benzene rings is 1. The standard InChI is InChI=1S/C22H23Cl2N3O2S/c23-15-7-8-17(19(24)14-15)21(28)26-10-12-27(13-11-26)22(29)18-6-3-9-25-20(18)30-16-4-1-2-5-16/h3,6-9,14,16H,1-2,4-5,10-13H2. The first-order valence-corrected chi connectivity index (χ1v) is 11.8. The molecule has 1 saturated carbocycles. The molecule has 0 atom stereocenters. The van der Waals surface area contributed by atoms with Gasteiger partial charge >= 0.3 is 0 Å². The molecule has 4 rings (SSSR count). The average molecular weight is 464 g/mol. The Hall–Kier alpha value is -1.76. The minimum atomic E-state index is -0.136. The zero-order chi connectivity index (χ0) is 21.1. The highest BCUT2D eigenvalue weighted by Gasteiger charge is 2.28. The van der Waals surface area contributed by atoms with Crippen molar-refractivity contribution in [1.82, 2.24) is 14.8 Å². The normalized spacial score (nSPS) is 17.4. The number of carbonyl (C=O) groups is 2. The van der Waals surface area contributed by atoms with Crippen LogP contribution in [0.4, 0.5) is 0 Å². The highest BCUT2D eigenvalue weighted by molar-refractivity contribution is 7.99. The number of pyridine rings is 1. The first-order chi connectivity index (χ1) is 14.5. The molecule has 2 amide bonds. The van der Waals surface area contributed by atoms with Crippen molar-refractivity contribution in [1.29, 1.82) is 0 Å². The van der Waals surface area contributed by atoms with Crippen LogP contribution in [0.25, 0.3) is 0 Å². The van der Waals surface area contributed by atoms with Crippen molar-refractivity contribution in [3.63, 3.8) is 0 Å². The fourth-order valence-electron chi connectivity index (χ4n) is 3.93. The van der Waals surface area contributed by atoms with Crippen molar-refractivity contribution in [3.8, 4) is 0 Å². The Morgan fingerprint density at radius 2 is 1.57 bits per heavy atom. The highest BCUT2D eigenvalue weighted by atomic mass is 35.5. The second kappa shape index (κ2) is 9.58. The smallest absolute Gasteiger partial charge is 0.256 e. The topological polar surface area (TPSA) is 53.5 Å². The number of nitrogens with zero attached hydrogens (tertiary/aromatic N) is 3. The molecule has 1 aromatic carbocycles. The first-order valence-electron chi connectivity index (χ1n) is 10.2. The lowest BCUT2D eigenvalue weighted by atomic mass is 10.1. The molecule has 5 nitrogen and oxygen atoms in total. The van der Waals surface area contributed by atoms with E-state index in [0.717, 1.165) is 5.03 Å². The van der Waals surface area contributed by atoms with Gasteiger partial charge in [0.15, 0.2) is 0 Å². The molecule has 158 valence electrons. The fourth-order valence-corrected chi connectivity index (χ4v) is 5.71. The van der Waals surface area contributed by atoms with E-state index in [4.69, 9.17) is 23.2 Å². The summed E-state index contributed by atoms with van der Waals surface area (Å²) in [4.78, 5) is 34.0. The molecule has 0 bridgehead atoms. The van der Waals surface area contributed by atoms with Gasteiger partial charge in [-0.3, -0.25) is 9.59 Å². The highest BCUT2D eigenvalue weighted by Crippen LogP contribution is 2.35. The minimum Gasteiger partial charge on any atom is -0.335 e. The third-order valence-electron chi connectivity index (χ3n) is 5.60. The van der Waals surface area contributed by atoms with Gasteiger partial charge in [0.2, 0.25) is 0 Å². The number of halogens is 2. The van der Waals surface area contributed by atoms with Gasteiger partial charge < -0.3 is 9.80 Å². The zero-order valence-corrected chi connectivity index (χ0v) is 18.8. The molecule has 2 aliphatic rings. The van der Waals surface area contributed by atoms with Gasteiger partial charge in [-0.25, -0.2) is 4.98 Å². The van der Waals surface area contributed by atoms with E-state index < -0.39 is 0 Å². The predicted molar refractivity (Wildman–Crippen MR) is 121 cm³/mol. The van der Waals surface area contributed by atoms with Crippen LogP contribution in [0.1, 0.15) is 46.4 Å². The molecule has 2 aromatic rings. The van der Waals surface area contributed by atoms with Crippen molar-refractivity contribution in [2.75, 3.05) is 26.2 Å². The maximum Gasteiger partial charge on any atom is 0.256 e. The van der Waals surface area contributed by atoms with E-state index in [2.05, 4.69) is 4.98 Å². The van der Waals surface area contributed by atoms with Gasteiger partial charge in [-0.1, -0.05) is 36.0 Å². The Kier molecular flexibility index (Phi) is 6.86. The molecule has 30 heavy (non-hydrogen) atoms. The summed E-state index contributed by atoms with van der Waals surface area (Å²) in [6.07, 6.45) is 6.62. The molecule has 1 saturated heterocycles. The summed E-state index contributed by atoms with van der Waals surface area (Å²) < 4.78 is 0. The van der Waals surface area contributed by atoms with E-state index in [-0.39, 0.29) is 11.8 Å². The van der Waals surface area contributed by atoms with Gasteiger partial charge in [0.25, 0.3) is 11.8 Å². The molecule has 0 spiro atoms. The summed E-state index contributed by atoms with van der Waals surface area (Å²) in [6.45, 7) is 1.90. The van der Waals surface area contributed by atoms with Crippen LogP contribution in [0.15, 0.2) is 41.6 Å². The molecule has 2 fully saturated rings. The van der Waals surface area contributed by atoms with E-state index in [1.807, 2.05) is 17.0 Å². The number of piperazine rings is 1. The second-order valence-corrected chi connectivity index (χ2v) is 9.72. The second-order valence-electron chi connectivity index (χ2n) is 7.59. The number of amides is 2. The van der Waals surface area contributed by atoms with E-state index in [0.29, 0.717) is 52.6 Å². The number of carbonyl (C=O) groups excluding carboxylic acids is 2. The van der Waals surface area contributed by atoms with Crippen molar-refractivity contribution >= 4 is 46.8 Å². The fraction of sp³-hybridized carbons (Fsp3) is 0.409.